The fourth-order valence-corrected chi connectivity index (χ4v) is 7.66. The summed E-state index contributed by atoms with van der Waals surface area (Å²) in [5.41, 5.74) is -4.01. The number of aliphatic hydroxyl groups is 6. The zero-order valence-corrected chi connectivity index (χ0v) is 26.1. The minimum absolute atomic E-state index is 0.261. The average molecular weight is 567 g/mol. The van der Waals surface area contributed by atoms with Gasteiger partial charge in [-0.2, -0.15) is 0 Å². The third kappa shape index (κ3) is 7.06. The Morgan fingerprint density at radius 1 is 0.700 bits per heavy atom. The molecule has 0 bridgehead atoms. The molecule has 0 heterocycles. The second-order valence-corrected chi connectivity index (χ2v) is 12.8. The Morgan fingerprint density at radius 2 is 1.12 bits per heavy atom. The molecule has 7 atom stereocenters. The van der Waals surface area contributed by atoms with Crippen molar-refractivity contribution in [3.8, 4) is 0 Å². The summed E-state index contributed by atoms with van der Waals surface area (Å²) in [5, 5.41) is 67.1. The summed E-state index contributed by atoms with van der Waals surface area (Å²) < 4.78 is 0. The van der Waals surface area contributed by atoms with Crippen molar-refractivity contribution in [2.75, 3.05) is 6.61 Å². The molecule has 0 aromatic carbocycles. The highest BCUT2D eigenvalue weighted by molar-refractivity contribution is 5.44. The first-order chi connectivity index (χ1) is 19.1. The fraction of sp³-hybridized carbons (Fsp3) is 0.882. The maximum absolute atomic E-state index is 11.8. The number of rotatable bonds is 22. The molecule has 0 spiro atoms. The van der Waals surface area contributed by atoms with Gasteiger partial charge in [0, 0.05) is 11.8 Å². The summed E-state index contributed by atoms with van der Waals surface area (Å²) >= 11 is 0. The maximum Gasteiger partial charge on any atom is 0.133 e. The largest absolute Gasteiger partial charge is 0.394 e. The van der Waals surface area contributed by atoms with E-state index in [0.717, 1.165) is 49.7 Å². The van der Waals surface area contributed by atoms with E-state index in [1.807, 2.05) is 26.0 Å². The lowest BCUT2D eigenvalue weighted by Crippen LogP contribution is -3.01. The Balaban J connectivity index is 2.04. The Labute approximate surface area is 244 Å². The second kappa shape index (κ2) is 16.8. The van der Waals surface area contributed by atoms with Crippen LogP contribution in [0.4, 0.5) is 0 Å². The first kappa shape index (κ1) is 35.4. The van der Waals surface area contributed by atoms with Gasteiger partial charge in [-0.3, -0.25) is 0 Å². The molecule has 2 saturated carbocycles. The summed E-state index contributed by atoms with van der Waals surface area (Å²) in [6, 6.07) is 0. The van der Waals surface area contributed by atoms with Crippen molar-refractivity contribution in [2.24, 2.45) is 11.8 Å². The molecule has 2 aliphatic carbocycles. The van der Waals surface area contributed by atoms with Crippen LogP contribution >= 0.6 is 0 Å². The van der Waals surface area contributed by atoms with Crippen LogP contribution in [-0.4, -0.2) is 66.3 Å². The van der Waals surface area contributed by atoms with E-state index in [2.05, 4.69) is 13.8 Å². The quantitative estimate of drug-likeness (QED) is 0.0695. The van der Waals surface area contributed by atoms with E-state index in [1.54, 1.807) is 0 Å². The van der Waals surface area contributed by atoms with Gasteiger partial charge >= 0.3 is 0 Å². The monoisotopic (exact) mass is 566 g/mol. The van der Waals surface area contributed by atoms with Gasteiger partial charge in [0.2, 0.25) is 0 Å². The van der Waals surface area contributed by atoms with E-state index in [1.165, 1.54) is 64.2 Å². The number of aliphatic hydroxyl groups excluding tert-OH is 3. The summed E-state index contributed by atoms with van der Waals surface area (Å²) in [6.45, 7) is 7.56. The predicted octanol–water partition coefficient (Wildman–Crippen LogP) is 6.11. The molecule has 6 N–H and O–H groups in total. The lowest BCUT2D eigenvalue weighted by molar-refractivity contribution is -0.492. The Morgan fingerprint density at radius 3 is 1.55 bits per heavy atom. The van der Waals surface area contributed by atoms with Gasteiger partial charge in [-0.1, -0.05) is 114 Å². The van der Waals surface area contributed by atoms with Crippen molar-refractivity contribution >= 4 is 0 Å². The molecular formula is C34H62O6. The van der Waals surface area contributed by atoms with Crippen molar-refractivity contribution in [1.29, 1.82) is 0 Å². The molecule has 0 aromatic rings. The van der Waals surface area contributed by atoms with Gasteiger partial charge in [0.1, 0.15) is 22.9 Å². The van der Waals surface area contributed by atoms with Crippen LogP contribution in [0.1, 0.15) is 143 Å². The lowest BCUT2D eigenvalue weighted by Gasteiger charge is -2.80. The van der Waals surface area contributed by atoms with Gasteiger partial charge in [-0.25, -0.2) is 0 Å². The highest BCUT2D eigenvalue weighted by atomic mass is 16.5. The Bertz CT molecular complexity index is 793. The molecule has 0 saturated heterocycles. The molecule has 6 heteroatoms. The van der Waals surface area contributed by atoms with Crippen LogP contribution in [0.25, 0.3) is 0 Å². The first-order valence-electron chi connectivity index (χ1n) is 16.6. The second-order valence-electron chi connectivity index (χ2n) is 12.8. The predicted molar refractivity (Wildman–Crippen MR) is 163 cm³/mol. The zero-order chi connectivity index (χ0) is 29.8. The smallest absolute Gasteiger partial charge is 0.133 e. The first-order valence-corrected chi connectivity index (χ1v) is 16.6. The molecule has 2 aliphatic rings. The molecule has 2 rings (SSSR count). The number of allylic oxidation sites excluding steroid dienone is 4. The highest BCUT2D eigenvalue weighted by Crippen LogP contribution is 2.72. The molecule has 3 unspecified atom stereocenters. The van der Waals surface area contributed by atoms with Gasteiger partial charge in [-0.15, -0.1) is 0 Å². The molecule has 234 valence electrons. The highest BCUT2D eigenvalue weighted by Gasteiger charge is 2.92. The van der Waals surface area contributed by atoms with E-state index in [-0.39, 0.29) is 6.42 Å². The van der Waals surface area contributed by atoms with Crippen LogP contribution in [0.3, 0.4) is 0 Å². The van der Waals surface area contributed by atoms with Crippen molar-refractivity contribution in [1.82, 2.24) is 0 Å². The van der Waals surface area contributed by atoms with Gasteiger partial charge in [0.25, 0.3) is 0 Å². The zero-order valence-electron chi connectivity index (χ0n) is 26.1. The van der Waals surface area contributed by atoms with E-state index >= 15 is 0 Å². The van der Waals surface area contributed by atoms with Gasteiger partial charge in [0.05, 0.1) is 12.7 Å². The minimum atomic E-state index is -2.10. The molecule has 6 nitrogen and oxygen atoms in total. The third-order valence-electron chi connectivity index (χ3n) is 10.3. The van der Waals surface area contributed by atoms with Crippen molar-refractivity contribution < 1.29 is 30.6 Å². The standard InChI is InChI=1S/C34H62O6/c1-5-9-11-13-15-17-19-21-26(7-3)23-28-31(37)33(39)29(32(38,30(36)25-35)34(28,33)40)24-27(8-4)22-20-18-16-14-12-10-6-2/h7-8,28-31,35-40H,5-6,9-25H2,1-4H3/t28?,29?,30-,31?,32-,33+,34+/m1/s1. The summed E-state index contributed by atoms with van der Waals surface area (Å²) in [6.07, 6.45) is 20.1. The van der Waals surface area contributed by atoms with E-state index < -0.39 is 47.5 Å². The topological polar surface area (TPSA) is 121 Å². The summed E-state index contributed by atoms with van der Waals surface area (Å²) in [7, 11) is 0. The van der Waals surface area contributed by atoms with Crippen LogP contribution < -0.4 is 0 Å². The fourth-order valence-electron chi connectivity index (χ4n) is 7.66. The van der Waals surface area contributed by atoms with Crippen molar-refractivity contribution in [3.05, 3.63) is 23.3 Å². The number of hydrogen-bond donors (Lipinski definition) is 6. The van der Waals surface area contributed by atoms with Crippen LogP contribution in [0.2, 0.25) is 0 Å². The van der Waals surface area contributed by atoms with Crippen molar-refractivity contribution in [2.45, 2.75) is 172 Å². The van der Waals surface area contributed by atoms with Crippen LogP contribution in [0, 0.1) is 11.8 Å². The summed E-state index contributed by atoms with van der Waals surface area (Å²) in [5.74, 6) is -1.78. The SMILES string of the molecule is CC=C(CCCCCCCCC)CC1C(O)[C@@]2(O)C(CC(=CC)CCCCCCCCC)[C@@](O)([C@H](O)CO)[C@@]12O. The van der Waals surface area contributed by atoms with Crippen molar-refractivity contribution in [3.63, 3.8) is 0 Å². The van der Waals surface area contributed by atoms with Crippen LogP contribution in [-0.2, 0) is 0 Å². The lowest BCUT2D eigenvalue weighted by atomic mass is 9.30. The number of unbranched alkanes of at least 4 members (excludes halogenated alkanes) is 12. The van der Waals surface area contributed by atoms with Crippen LogP contribution in [0.5, 0.6) is 0 Å². The molecule has 0 amide bonds. The van der Waals surface area contributed by atoms with Gasteiger partial charge < -0.3 is 30.6 Å². The molecule has 0 radical (unpaired) electrons. The number of fused-ring (bicyclic) bond motifs is 1. The van der Waals surface area contributed by atoms with E-state index in [4.69, 9.17) is 0 Å². The average Bonchev–Trinajstić information content (AvgIpc) is 2.97. The molecule has 0 aromatic heterocycles. The molecular weight excluding hydrogens is 504 g/mol. The molecule has 40 heavy (non-hydrogen) atoms. The number of hydrogen-bond acceptors (Lipinski definition) is 6. The van der Waals surface area contributed by atoms with Gasteiger partial charge in [0.15, 0.2) is 0 Å². The maximum atomic E-state index is 11.8. The Kier molecular flexibility index (Phi) is 14.9. The van der Waals surface area contributed by atoms with Gasteiger partial charge in [-0.05, 0) is 52.4 Å². The summed E-state index contributed by atoms with van der Waals surface area (Å²) in [4.78, 5) is 0. The normalized spacial score (nSPS) is 32.9. The third-order valence-corrected chi connectivity index (χ3v) is 10.3. The van der Waals surface area contributed by atoms with Crippen LogP contribution in [0.15, 0.2) is 23.3 Å². The van der Waals surface area contributed by atoms with E-state index in [0.29, 0.717) is 6.42 Å². The van der Waals surface area contributed by atoms with E-state index in [9.17, 15) is 30.6 Å². The minimum Gasteiger partial charge on any atom is -0.394 e. The molecule has 0 aliphatic heterocycles. The molecule has 2 fully saturated rings. The Hall–Kier alpha value is -0.760.